The van der Waals surface area contributed by atoms with Gasteiger partial charge in [-0.15, -0.1) is 0 Å². The number of nitrogens with one attached hydrogen (secondary N) is 1. The van der Waals surface area contributed by atoms with Gasteiger partial charge in [0.1, 0.15) is 22.8 Å². The Balaban J connectivity index is 1.40. The quantitative estimate of drug-likeness (QED) is 0.413. The Morgan fingerprint density at radius 1 is 1.00 bits per heavy atom. The molecule has 1 aliphatic heterocycles. The van der Waals surface area contributed by atoms with E-state index in [2.05, 4.69) is 42.0 Å². The molecule has 186 valence electrons. The van der Waals surface area contributed by atoms with Crippen LogP contribution in [-0.4, -0.2) is 62.7 Å². The summed E-state index contributed by atoms with van der Waals surface area (Å²) in [6.07, 6.45) is 3.41. The number of piperazine rings is 1. The lowest BCUT2D eigenvalue weighted by molar-refractivity contribution is 0.201. The van der Waals surface area contributed by atoms with E-state index >= 15 is 0 Å². The molecule has 2 N–H and O–H groups in total. The minimum absolute atomic E-state index is 0.0703. The maximum atomic E-state index is 14.8. The van der Waals surface area contributed by atoms with Gasteiger partial charge in [0.05, 0.1) is 24.2 Å². The second-order valence-corrected chi connectivity index (χ2v) is 8.77. The Kier molecular flexibility index (Phi) is 6.71. The fraction of sp³-hybridized carbons (Fsp3) is 0.308. The van der Waals surface area contributed by atoms with E-state index in [-0.39, 0.29) is 22.7 Å². The predicted octanol–water partition coefficient (Wildman–Crippen LogP) is 4.30. The summed E-state index contributed by atoms with van der Waals surface area (Å²) in [6, 6.07) is 8.17. The minimum atomic E-state index is -0.845. The van der Waals surface area contributed by atoms with E-state index in [0.717, 1.165) is 44.6 Å². The van der Waals surface area contributed by atoms with Gasteiger partial charge >= 0.3 is 0 Å². The monoisotopic (exact) mass is 491 g/mol. The van der Waals surface area contributed by atoms with Crippen molar-refractivity contribution >= 4 is 28.4 Å². The number of fused-ring (bicyclic) bond motifs is 1. The third-order valence-corrected chi connectivity index (χ3v) is 6.47. The fourth-order valence-electron chi connectivity index (χ4n) is 4.45. The molecular weight excluding hydrogens is 464 g/mol. The van der Waals surface area contributed by atoms with Crippen LogP contribution in [-0.2, 0) is 0 Å². The molecule has 5 rings (SSSR count). The summed E-state index contributed by atoms with van der Waals surface area (Å²) in [5.41, 5.74) is 1.77. The summed E-state index contributed by atoms with van der Waals surface area (Å²) in [5.74, 6) is -0.690. The van der Waals surface area contributed by atoms with Gasteiger partial charge in [-0.1, -0.05) is 6.92 Å². The molecule has 1 saturated heterocycles. The van der Waals surface area contributed by atoms with Crippen LogP contribution in [0.15, 0.2) is 48.9 Å². The highest BCUT2D eigenvalue weighted by Crippen LogP contribution is 2.31. The molecule has 0 saturated carbocycles. The number of anilines is 3. The number of aliphatic hydroxyl groups is 1. The lowest BCUT2D eigenvalue weighted by atomic mass is 10.0. The highest BCUT2D eigenvalue weighted by molar-refractivity contribution is 5.87. The molecule has 1 unspecified atom stereocenters. The van der Waals surface area contributed by atoms with Crippen molar-refractivity contribution in [2.45, 2.75) is 20.0 Å². The van der Waals surface area contributed by atoms with Gasteiger partial charge in [-0.2, -0.15) is 0 Å². The summed E-state index contributed by atoms with van der Waals surface area (Å²) in [4.78, 5) is 21.5. The number of rotatable bonds is 6. The zero-order chi connectivity index (χ0) is 25.2. The normalized spacial score (nSPS) is 15.3. The Morgan fingerprint density at radius 3 is 2.50 bits per heavy atom. The van der Waals surface area contributed by atoms with Crippen molar-refractivity contribution in [1.82, 2.24) is 24.8 Å². The molecule has 0 radical (unpaired) electrons. The molecule has 3 aromatic heterocycles. The summed E-state index contributed by atoms with van der Waals surface area (Å²) in [6.45, 7) is 8.73. The number of hydrogen-bond acceptors (Lipinski definition) is 8. The van der Waals surface area contributed by atoms with Crippen LogP contribution in [0, 0.1) is 11.6 Å². The van der Waals surface area contributed by atoms with E-state index in [0.29, 0.717) is 16.8 Å². The third-order valence-electron chi connectivity index (χ3n) is 6.47. The summed E-state index contributed by atoms with van der Waals surface area (Å²) in [7, 11) is 0. The number of pyridine rings is 2. The first kappa shape index (κ1) is 24.0. The number of hydrogen-bond donors (Lipinski definition) is 2. The van der Waals surface area contributed by atoms with Crippen LogP contribution in [0.1, 0.15) is 25.5 Å². The van der Waals surface area contributed by atoms with E-state index < -0.39 is 17.7 Å². The van der Waals surface area contributed by atoms with Crippen molar-refractivity contribution in [3.63, 3.8) is 0 Å². The van der Waals surface area contributed by atoms with Gasteiger partial charge in [0, 0.05) is 43.3 Å². The molecule has 1 aromatic carbocycles. The highest BCUT2D eigenvalue weighted by Gasteiger charge is 2.18. The van der Waals surface area contributed by atoms with Gasteiger partial charge in [0.15, 0.2) is 5.82 Å². The van der Waals surface area contributed by atoms with Gasteiger partial charge < -0.3 is 20.2 Å². The molecule has 8 nitrogen and oxygen atoms in total. The second kappa shape index (κ2) is 10.1. The lowest BCUT2D eigenvalue weighted by Crippen LogP contribution is -2.46. The number of likely N-dealkylation sites (N-methyl/N-ethyl adjacent to an activating group) is 1. The first-order valence-corrected chi connectivity index (χ1v) is 11.9. The van der Waals surface area contributed by atoms with Crippen LogP contribution in [0.3, 0.4) is 0 Å². The summed E-state index contributed by atoms with van der Waals surface area (Å²) >= 11 is 0. The third kappa shape index (κ3) is 4.82. The van der Waals surface area contributed by atoms with Crippen LogP contribution in [0.4, 0.5) is 26.2 Å². The molecule has 36 heavy (non-hydrogen) atoms. The van der Waals surface area contributed by atoms with E-state index in [4.69, 9.17) is 0 Å². The van der Waals surface area contributed by atoms with Crippen molar-refractivity contribution < 1.29 is 13.9 Å². The minimum Gasteiger partial charge on any atom is -0.389 e. The molecule has 10 heteroatoms. The Bertz CT molecular complexity index is 1370. The zero-order valence-corrected chi connectivity index (χ0v) is 20.1. The van der Waals surface area contributed by atoms with Gasteiger partial charge in [-0.25, -0.2) is 23.7 Å². The average Bonchev–Trinajstić information content (AvgIpc) is 2.90. The van der Waals surface area contributed by atoms with Crippen molar-refractivity contribution in [1.29, 1.82) is 0 Å². The lowest BCUT2D eigenvalue weighted by Gasteiger charge is -2.35. The van der Waals surface area contributed by atoms with Gasteiger partial charge in [0.2, 0.25) is 5.95 Å². The maximum Gasteiger partial charge on any atom is 0.229 e. The number of aromatic nitrogens is 4. The van der Waals surface area contributed by atoms with Crippen molar-refractivity contribution in [2.75, 3.05) is 42.9 Å². The van der Waals surface area contributed by atoms with E-state index in [1.807, 2.05) is 12.1 Å². The van der Waals surface area contributed by atoms with Crippen molar-refractivity contribution in [2.24, 2.45) is 0 Å². The molecule has 0 amide bonds. The number of nitrogens with zero attached hydrogens (tertiary/aromatic N) is 6. The molecule has 0 spiro atoms. The molecule has 0 bridgehead atoms. The topological polar surface area (TPSA) is 90.3 Å². The largest absolute Gasteiger partial charge is 0.389 e. The van der Waals surface area contributed by atoms with E-state index in [9.17, 15) is 13.9 Å². The molecular formula is C26H27F2N7O. The number of aliphatic hydroxyl groups excluding tert-OH is 1. The van der Waals surface area contributed by atoms with Crippen LogP contribution >= 0.6 is 0 Å². The smallest absolute Gasteiger partial charge is 0.229 e. The predicted molar refractivity (Wildman–Crippen MR) is 135 cm³/mol. The average molecular weight is 492 g/mol. The fourth-order valence-corrected chi connectivity index (χ4v) is 4.45. The standard InChI is InChI=1S/C26H27F2N7O/c1-3-34-8-10-35(11-9-34)18-4-5-23(30-14-18)32-26-31-15-22(28)24(33-26)17-12-20-19(16(2)36)6-7-29-25(20)21(27)13-17/h4-7,12-16,36H,3,8-11H2,1-2H3,(H,30,31,32,33). The molecule has 4 aromatic rings. The van der Waals surface area contributed by atoms with Crippen molar-refractivity contribution in [3.05, 3.63) is 66.1 Å². The number of halogens is 2. The summed E-state index contributed by atoms with van der Waals surface area (Å²) < 4.78 is 29.6. The first-order valence-electron chi connectivity index (χ1n) is 11.9. The van der Waals surface area contributed by atoms with Crippen LogP contribution in [0.5, 0.6) is 0 Å². The van der Waals surface area contributed by atoms with Crippen LogP contribution in [0.25, 0.3) is 22.2 Å². The van der Waals surface area contributed by atoms with Crippen LogP contribution in [0.2, 0.25) is 0 Å². The van der Waals surface area contributed by atoms with Gasteiger partial charge in [0.25, 0.3) is 0 Å². The molecule has 0 aliphatic carbocycles. The second-order valence-electron chi connectivity index (χ2n) is 8.77. The maximum absolute atomic E-state index is 14.8. The van der Waals surface area contributed by atoms with E-state index in [1.165, 1.54) is 12.3 Å². The Hall–Kier alpha value is -3.76. The van der Waals surface area contributed by atoms with E-state index in [1.54, 1.807) is 25.3 Å². The molecule has 1 fully saturated rings. The van der Waals surface area contributed by atoms with Gasteiger partial charge in [-0.3, -0.25) is 4.98 Å². The molecule has 4 heterocycles. The Morgan fingerprint density at radius 2 is 1.81 bits per heavy atom. The van der Waals surface area contributed by atoms with Crippen molar-refractivity contribution in [3.8, 4) is 11.3 Å². The molecule has 1 aliphatic rings. The zero-order valence-electron chi connectivity index (χ0n) is 20.1. The number of benzene rings is 1. The Labute approximate surface area is 207 Å². The molecule has 1 atom stereocenters. The summed E-state index contributed by atoms with van der Waals surface area (Å²) in [5, 5.41) is 13.5. The SMILES string of the molecule is CCN1CCN(c2ccc(Nc3ncc(F)c(-c4cc(F)c5nccc(C(C)O)c5c4)n3)nc2)CC1. The van der Waals surface area contributed by atoms with Gasteiger partial charge in [-0.05, 0) is 49.4 Å². The first-order chi connectivity index (χ1) is 17.4. The highest BCUT2D eigenvalue weighted by atomic mass is 19.1. The van der Waals surface area contributed by atoms with Crippen LogP contribution < -0.4 is 10.2 Å².